The molecule has 1 fully saturated rings. The fraction of sp³-hybridized carbons (Fsp3) is 0.400. The second-order valence-electron chi connectivity index (χ2n) is 3.70. The van der Waals surface area contributed by atoms with Crippen LogP contribution < -0.4 is 0 Å². The average molecular weight is 173 g/mol. The highest BCUT2D eigenvalue weighted by Crippen LogP contribution is 2.38. The van der Waals surface area contributed by atoms with Crippen LogP contribution in [0.15, 0.2) is 18.3 Å². The van der Waals surface area contributed by atoms with Crippen LogP contribution in [0.4, 0.5) is 0 Å². The van der Waals surface area contributed by atoms with E-state index in [-0.39, 0.29) is 0 Å². The number of fused-ring (bicyclic) bond motifs is 1. The monoisotopic (exact) mass is 173 g/mol. The number of hydrogen-bond donors (Lipinski definition) is 0. The average Bonchev–Trinajstić information content (AvgIpc) is 2.87. The van der Waals surface area contributed by atoms with Crippen LogP contribution in [0.25, 0.3) is 5.65 Å². The Morgan fingerprint density at radius 3 is 3.00 bits per heavy atom. The molecule has 0 aliphatic heterocycles. The van der Waals surface area contributed by atoms with Gasteiger partial charge in [0.2, 0.25) is 0 Å². The molecule has 3 rings (SSSR count). The van der Waals surface area contributed by atoms with E-state index in [1.807, 2.05) is 16.8 Å². The van der Waals surface area contributed by atoms with Crippen molar-refractivity contribution in [2.45, 2.75) is 25.7 Å². The lowest BCUT2D eigenvalue weighted by atomic mass is 10.3. The molecule has 0 radical (unpaired) electrons. The molecule has 66 valence electrons. The molecule has 2 heterocycles. The number of aryl methyl sites for hydroxylation is 1. The Kier molecular flexibility index (Phi) is 1.26. The van der Waals surface area contributed by atoms with E-state index in [2.05, 4.69) is 23.1 Å². The highest BCUT2D eigenvalue weighted by atomic mass is 15.3. The van der Waals surface area contributed by atoms with Gasteiger partial charge in [0.1, 0.15) is 0 Å². The third-order valence-electron chi connectivity index (χ3n) is 2.52. The van der Waals surface area contributed by atoms with Gasteiger partial charge >= 0.3 is 0 Å². The van der Waals surface area contributed by atoms with Crippen LogP contribution in [0, 0.1) is 6.92 Å². The van der Waals surface area contributed by atoms with Gasteiger partial charge < -0.3 is 0 Å². The van der Waals surface area contributed by atoms with Gasteiger partial charge in [0, 0.05) is 12.1 Å². The molecule has 0 aromatic carbocycles. The minimum absolute atomic E-state index is 0.638. The maximum Gasteiger partial charge on any atom is 0.158 e. The molecule has 0 spiro atoms. The zero-order valence-electron chi connectivity index (χ0n) is 7.57. The van der Waals surface area contributed by atoms with Gasteiger partial charge in [-0.2, -0.15) is 5.10 Å². The molecule has 3 nitrogen and oxygen atoms in total. The maximum atomic E-state index is 4.53. The number of hydrogen-bond acceptors (Lipinski definition) is 2. The zero-order chi connectivity index (χ0) is 8.84. The van der Waals surface area contributed by atoms with Gasteiger partial charge in [-0.15, -0.1) is 0 Å². The van der Waals surface area contributed by atoms with Crippen molar-refractivity contribution in [3.63, 3.8) is 0 Å². The van der Waals surface area contributed by atoms with E-state index >= 15 is 0 Å². The highest BCUT2D eigenvalue weighted by Gasteiger charge is 2.27. The summed E-state index contributed by atoms with van der Waals surface area (Å²) in [4.78, 5) is 4.53. The van der Waals surface area contributed by atoms with Crippen LogP contribution in [0.2, 0.25) is 0 Å². The van der Waals surface area contributed by atoms with E-state index in [0.29, 0.717) is 5.92 Å². The number of nitrogens with zero attached hydrogens (tertiary/aromatic N) is 3. The molecule has 0 saturated heterocycles. The van der Waals surface area contributed by atoms with Crippen molar-refractivity contribution in [3.8, 4) is 0 Å². The van der Waals surface area contributed by atoms with Crippen LogP contribution in [-0.2, 0) is 0 Å². The summed E-state index contributed by atoms with van der Waals surface area (Å²) in [6.45, 7) is 2.07. The highest BCUT2D eigenvalue weighted by molar-refractivity contribution is 5.46. The Balaban J connectivity index is 2.26. The zero-order valence-corrected chi connectivity index (χ0v) is 7.57. The van der Waals surface area contributed by atoms with Crippen LogP contribution in [0.3, 0.4) is 0 Å². The normalized spacial score (nSPS) is 16.7. The Morgan fingerprint density at radius 2 is 2.31 bits per heavy atom. The summed E-state index contributed by atoms with van der Waals surface area (Å²) < 4.78 is 1.88. The molecule has 0 unspecified atom stereocenters. The molecule has 0 N–H and O–H groups in total. The molecule has 3 heteroatoms. The molecule has 0 bridgehead atoms. The lowest BCUT2D eigenvalue weighted by molar-refractivity contribution is 0.877. The van der Waals surface area contributed by atoms with Crippen LogP contribution in [0.1, 0.15) is 30.1 Å². The lowest BCUT2D eigenvalue weighted by Gasteiger charge is -1.92. The fourth-order valence-corrected chi connectivity index (χ4v) is 1.57. The molecule has 1 aliphatic rings. The standard InChI is InChI=1S/C10H11N3/c1-7-3-2-6-13-10(7)11-9(12-13)8-4-5-8/h2-3,6,8H,4-5H2,1H3. The molecular formula is C10H11N3. The molecular weight excluding hydrogens is 162 g/mol. The van der Waals surface area contributed by atoms with Crippen molar-refractivity contribution in [1.29, 1.82) is 0 Å². The van der Waals surface area contributed by atoms with Crippen molar-refractivity contribution in [1.82, 2.24) is 14.6 Å². The third kappa shape index (κ3) is 1.03. The SMILES string of the molecule is Cc1cccn2nc(C3CC3)nc12. The Hall–Kier alpha value is -1.38. The topological polar surface area (TPSA) is 30.2 Å². The second kappa shape index (κ2) is 2.31. The van der Waals surface area contributed by atoms with Crippen LogP contribution >= 0.6 is 0 Å². The Morgan fingerprint density at radius 1 is 1.46 bits per heavy atom. The fourth-order valence-electron chi connectivity index (χ4n) is 1.57. The third-order valence-corrected chi connectivity index (χ3v) is 2.52. The summed E-state index contributed by atoms with van der Waals surface area (Å²) in [5, 5.41) is 4.44. The van der Waals surface area contributed by atoms with E-state index in [1.165, 1.54) is 18.4 Å². The Labute approximate surface area is 76.4 Å². The lowest BCUT2D eigenvalue weighted by Crippen LogP contribution is -1.88. The van der Waals surface area contributed by atoms with Crippen molar-refractivity contribution >= 4 is 5.65 Å². The number of rotatable bonds is 1. The Bertz CT molecular complexity index is 454. The van der Waals surface area contributed by atoms with Gasteiger partial charge in [-0.3, -0.25) is 0 Å². The minimum Gasteiger partial charge on any atom is -0.221 e. The minimum atomic E-state index is 0.638. The van der Waals surface area contributed by atoms with Crippen LogP contribution in [-0.4, -0.2) is 14.6 Å². The number of aromatic nitrogens is 3. The van der Waals surface area contributed by atoms with E-state index in [0.717, 1.165) is 11.5 Å². The van der Waals surface area contributed by atoms with Crippen molar-refractivity contribution < 1.29 is 0 Å². The van der Waals surface area contributed by atoms with Gasteiger partial charge in [0.25, 0.3) is 0 Å². The quantitative estimate of drug-likeness (QED) is 0.659. The predicted octanol–water partition coefficient (Wildman–Crippen LogP) is 1.92. The molecule has 2 aromatic rings. The second-order valence-corrected chi connectivity index (χ2v) is 3.70. The molecule has 2 aromatic heterocycles. The summed E-state index contributed by atoms with van der Waals surface area (Å²) in [5.74, 6) is 1.66. The van der Waals surface area contributed by atoms with Crippen molar-refractivity contribution in [2.24, 2.45) is 0 Å². The van der Waals surface area contributed by atoms with Gasteiger partial charge in [-0.1, -0.05) is 6.07 Å². The van der Waals surface area contributed by atoms with Crippen LogP contribution in [0.5, 0.6) is 0 Å². The molecule has 1 saturated carbocycles. The van der Waals surface area contributed by atoms with Crippen molar-refractivity contribution in [2.75, 3.05) is 0 Å². The first kappa shape index (κ1) is 7.06. The van der Waals surface area contributed by atoms with E-state index in [4.69, 9.17) is 0 Å². The summed E-state index contributed by atoms with van der Waals surface area (Å²) >= 11 is 0. The van der Waals surface area contributed by atoms with Gasteiger partial charge in [-0.05, 0) is 31.4 Å². The summed E-state index contributed by atoms with van der Waals surface area (Å²) in [6.07, 6.45) is 4.48. The summed E-state index contributed by atoms with van der Waals surface area (Å²) in [5.41, 5.74) is 2.20. The first-order chi connectivity index (χ1) is 6.34. The molecule has 0 amide bonds. The van der Waals surface area contributed by atoms with E-state index in [1.54, 1.807) is 0 Å². The van der Waals surface area contributed by atoms with E-state index < -0.39 is 0 Å². The first-order valence-corrected chi connectivity index (χ1v) is 4.66. The maximum absolute atomic E-state index is 4.53. The van der Waals surface area contributed by atoms with Gasteiger partial charge in [0.15, 0.2) is 11.5 Å². The summed E-state index contributed by atoms with van der Waals surface area (Å²) in [6, 6.07) is 4.08. The van der Waals surface area contributed by atoms with Gasteiger partial charge in [-0.25, -0.2) is 9.50 Å². The first-order valence-electron chi connectivity index (χ1n) is 4.66. The van der Waals surface area contributed by atoms with E-state index in [9.17, 15) is 0 Å². The smallest absolute Gasteiger partial charge is 0.158 e. The molecule has 0 atom stereocenters. The largest absolute Gasteiger partial charge is 0.221 e. The summed E-state index contributed by atoms with van der Waals surface area (Å²) in [7, 11) is 0. The molecule has 13 heavy (non-hydrogen) atoms. The number of pyridine rings is 1. The predicted molar refractivity (Wildman–Crippen MR) is 49.7 cm³/mol. The van der Waals surface area contributed by atoms with Gasteiger partial charge in [0.05, 0.1) is 0 Å². The molecule has 1 aliphatic carbocycles. The van der Waals surface area contributed by atoms with Crippen molar-refractivity contribution in [3.05, 3.63) is 29.7 Å².